The molecule has 0 saturated heterocycles. The number of phenolic OH excluding ortho intramolecular Hbond substituents is 1. The Morgan fingerprint density at radius 1 is 1.06 bits per heavy atom. The minimum atomic E-state index is -0.422. The molecule has 0 bridgehead atoms. The third-order valence-electron chi connectivity index (χ3n) is 2.94. The first kappa shape index (κ1) is 9.90. The Hall–Kier alpha value is -2.29. The number of aromatic hydroxyl groups is 1. The second kappa shape index (κ2) is 3.35. The molecule has 84 valence electrons. The highest BCUT2D eigenvalue weighted by atomic mass is 16.4. The molecule has 3 rings (SSSR count). The number of rotatable bonds is 0. The fourth-order valence-electron chi connectivity index (χ4n) is 2.02. The van der Waals surface area contributed by atoms with Gasteiger partial charge in [-0.25, -0.2) is 4.79 Å². The molecule has 0 saturated carbocycles. The number of para-hydroxylation sites is 1. The van der Waals surface area contributed by atoms with Gasteiger partial charge < -0.3 is 9.52 Å². The van der Waals surface area contributed by atoms with Gasteiger partial charge in [-0.05, 0) is 30.7 Å². The molecule has 0 aliphatic rings. The first-order valence-corrected chi connectivity index (χ1v) is 5.32. The molecular formula is C14H10O3. The van der Waals surface area contributed by atoms with Crippen molar-refractivity contribution in [2.24, 2.45) is 0 Å². The summed E-state index contributed by atoms with van der Waals surface area (Å²) in [5.41, 5.74) is 0.886. The van der Waals surface area contributed by atoms with Crippen molar-refractivity contribution in [1.82, 2.24) is 0 Å². The number of hydrogen-bond acceptors (Lipinski definition) is 3. The zero-order chi connectivity index (χ0) is 12.0. The van der Waals surface area contributed by atoms with Crippen molar-refractivity contribution in [1.29, 1.82) is 0 Å². The van der Waals surface area contributed by atoms with Crippen molar-refractivity contribution < 1.29 is 9.52 Å². The van der Waals surface area contributed by atoms with Gasteiger partial charge >= 0.3 is 5.63 Å². The van der Waals surface area contributed by atoms with Crippen LogP contribution in [0.4, 0.5) is 0 Å². The minimum Gasteiger partial charge on any atom is -0.508 e. The summed E-state index contributed by atoms with van der Waals surface area (Å²) in [6.07, 6.45) is 0. The Balaban J connectivity index is 2.65. The lowest BCUT2D eigenvalue weighted by molar-refractivity contribution is 0.471. The summed E-state index contributed by atoms with van der Waals surface area (Å²) in [7, 11) is 0. The zero-order valence-electron chi connectivity index (χ0n) is 9.23. The molecule has 1 N–H and O–H groups in total. The molecule has 0 unspecified atom stereocenters. The standard InChI is InChI=1S/C14H10O3/c1-8-6-10-9-4-2-3-5-13(9)17-14(16)11(10)7-12(8)15/h2-7,15H,1H3. The maximum absolute atomic E-state index is 11.8. The van der Waals surface area contributed by atoms with Crippen LogP contribution in [0.2, 0.25) is 0 Å². The molecule has 0 amide bonds. The summed E-state index contributed by atoms with van der Waals surface area (Å²) in [4.78, 5) is 11.8. The molecule has 0 aliphatic carbocycles. The summed E-state index contributed by atoms with van der Waals surface area (Å²) in [5, 5.41) is 11.7. The highest BCUT2D eigenvalue weighted by molar-refractivity contribution is 6.04. The van der Waals surface area contributed by atoms with Gasteiger partial charge in [0.2, 0.25) is 0 Å². The van der Waals surface area contributed by atoms with Crippen molar-refractivity contribution in [2.75, 3.05) is 0 Å². The number of fused-ring (bicyclic) bond motifs is 3. The van der Waals surface area contributed by atoms with Crippen molar-refractivity contribution in [2.45, 2.75) is 6.92 Å². The average molecular weight is 226 g/mol. The number of hydrogen-bond donors (Lipinski definition) is 1. The quantitative estimate of drug-likeness (QED) is 0.473. The maximum Gasteiger partial charge on any atom is 0.344 e. The molecule has 0 fully saturated rings. The fourth-order valence-corrected chi connectivity index (χ4v) is 2.02. The largest absolute Gasteiger partial charge is 0.508 e. The molecule has 3 heteroatoms. The Morgan fingerprint density at radius 2 is 1.82 bits per heavy atom. The molecule has 0 radical (unpaired) electrons. The lowest BCUT2D eigenvalue weighted by atomic mass is 10.0. The summed E-state index contributed by atoms with van der Waals surface area (Å²) in [5.74, 6) is 0.111. The van der Waals surface area contributed by atoms with Crippen molar-refractivity contribution >= 4 is 21.7 Å². The predicted octanol–water partition coefficient (Wildman–Crippen LogP) is 2.96. The van der Waals surface area contributed by atoms with E-state index < -0.39 is 5.63 Å². The van der Waals surface area contributed by atoms with Crippen molar-refractivity contribution in [3.05, 3.63) is 52.4 Å². The van der Waals surface area contributed by atoms with E-state index in [1.54, 1.807) is 13.0 Å². The zero-order valence-corrected chi connectivity index (χ0v) is 9.23. The molecule has 0 atom stereocenters. The van der Waals surface area contributed by atoms with E-state index in [-0.39, 0.29) is 5.75 Å². The van der Waals surface area contributed by atoms with E-state index in [1.165, 1.54) is 6.07 Å². The van der Waals surface area contributed by atoms with Crippen molar-refractivity contribution in [3.63, 3.8) is 0 Å². The van der Waals surface area contributed by atoms with Gasteiger partial charge in [0.05, 0.1) is 5.39 Å². The van der Waals surface area contributed by atoms with Crippen LogP contribution in [0.25, 0.3) is 21.7 Å². The first-order valence-electron chi connectivity index (χ1n) is 5.32. The average Bonchev–Trinajstić information content (AvgIpc) is 2.32. The van der Waals surface area contributed by atoms with E-state index in [1.807, 2.05) is 24.3 Å². The van der Waals surface area contributed by atoms with Crippen LogP contribution < -0.4 is 5.63 Å². The molecule has 1 heterocycles. The van der Waals surface area contributed by atoms with Gasteiger partial charge in [-0.3, -0.25) is 0 Å². The van der Waals surface area contributed by atoms with Crippen LogP contribution in [0.5, 0.6) is 5.75 Å². The number of aryl methyl sites for hydroxylation is 1. The van der Waals surface area contributed by atoms with E-state index >= 15 is 0 Å². The van der Waals surface area contributed by atoms with Crippen LogP contribution in [-0.4, -0.2) is 5.11 Å². The van der Waals surface area contributed by atoms with E-state index in [9.17, 15) is 9.90 Å². The lowest BCUT2D eigenvalue weighted by Gasteiger charge is -2.04. The Kier molecular flexibility index (Phi) is 1.95. The van der Waals surface area contributed by atoms with Gasteiger partial charge in [-0.2, -0.15) is 0 Å². The van der Waals surface area contributed by atoms with Gasteiger partial charge in [-0.1, -0.05) is 18.2 Å². The molecule has 3 aromatic rings. The Bertz CT molecular complexity index is 784. The summed E-state index contributed by atoms with van der Waals surface area (Å²) < 4.78 is 5.20. The number of benzene rings is 2. The third kappa shape index (κ3) is 1.40. The van der Waals surface area contributed by atoms with Crippen LogP contribution in [-0.2, 0) is 0 Å². The van der Waals surface area contributed by atoms with Crippen LogP contribution in [0, 0.1) is 6.92 Å². The van der Waals surface area contributed by atoms with Crippen LogP contribution in [0.3, 0.4) is 0 Å². The van der Waals surface area contributed by atoms with Gasteiger partial charge in [0.15, 0.2) is 0 Å². The molecule has 17 heavy (non-hydrogen) atoms. The van der Waals surface area contributed by atoms with Crippen LogP contribution >= 0.6 is 0 Å². The summed E-state index contributed by atoms with van der Waals surface area (Å²) >= 11 is 0. The predicted molar refractivity (Wildman–Crippen MR) is 66.4 cm³/mol. The van der Waals surface area contributed by atoms with Crippen molar-refractivity contribution in [3.8, 4) is 5.75 Å². The van der Waals surface area contributed by atoms with Crippen LogP contribution in [0.15, 0.2) is 45.6 Å². The highest BCUT2D eigenvalue weighted by Gasteiger charge is 2.09. The normalized spacial score (nSPS) is 11.1. The van der Waals surface area contributed by atoms with E-state index in [4.69, 9.17) is 4.42 Å². The summed E-state index contributed by atoms with van der Waals surface area (Å²) in [6.45, 7) is 1.80. The van der Waals surface area contributed by atoms with E-state index in [2.05, 4.69) is 0 Å². The van der Waals surface area contributed by atoms with Gasteiger partial charge in [-0.15, -0.1) is 0 Å². The maximum atomic E-state index is 11.8. The molecule has 3 nitrogen and oxygen atoms in total. The van der Waals surface area contributed by atoms with Crippen LogP contribution in [0.1, 0.15) is 5.56 Å². The Morgan fingerprint density at radius 3 is 2.65 bits per heavy atom. The fraction of sp³-hybridized carbons (Fsp3) is 0.0714. The lowest BCUT2D eigenvalue weighted by Crippen LogP contribution is -1.99. The van der Waals surface area contributed by atoms with E-state index in [0.717, 1.165) is 16.3 Å². The Labute approximate surface area is 96.9 Å². The topological polar surface area (TPSA) is 50.4 Å². The smallest absolute Gasteiger partial charge is 0.344 e. The molecule has 0 spiro atoms. The SMILES string of the molecule is Cc1cc2c(cc1O)c(=O)oc1ccccc12. The second-order valence-electron chi connectivity index (χ2n) is 4.07. The first-order chi connectivity index (χ1) is 8.16. The molecule has 2 aromatic carbocycles. The van der Waals surface area contributed by atoms with Gasteiger partial charge in [0.25, 0.3) is 0 Å². The van der Waals surface area contributed by atoms with Gasteiger partial charge in [0, 0.05) is 10.8 Å². The number of phenols is 1. The third-order valence-corrected chi connectivity index (χ3v) is 2.94. The minimum absolute atomic E-state index is 0.111. The highest BCUT2D eigenvalue weighted by Crippen LogP contribution is 2.27. The molecule has 1 aromatic heterocycles. The van der Waals surface area contributed by atoms with E-state index in [0.29, 0.717) is 11.0 Å². The van der Waals surface area contributed by atoms with Gasteiger partial charge in [0.1, 0.15) is 11.3 Å². The summed E-state index contributed by atoms with van der Waals surface area (Å²) in [6, 6.07) is 10.6. The second-order valence-corrected chi connectivity index (χ2v) is 4.07. The molecule has 0 aliphatic heterocycles. The molecular weight excluding hydrogens is 216 g/mol. The monoisotopic (exact) mass is 226 g/mol.